The third-order valence-electron chi connectivity index (χ3n) is 1.05. The van der Waals surface area contributed by atoms with Crippen LogP contribution in [0.3, 0.4) is 0 Å². The predicted molar refractivity (Wildman–Crippen MR) is 38.4 cm³/mol. The Hall–Kier alpha value is -1.14. The van der Waals surface area contributed by atoms with Crippen LogP contribution in [0, 0.1) is 0 Å². The van der Waals surface area contributed by atoms with Gasteiger partial charge in [0.05, 0.1) is 13.0 Å². The summed E-state index contributed by atoms with van der Waals surface area (Å²) in [5, 5.41) is 16.7. The summed E-state index contributed by atoms with van der Waals surface area (Å²) in [6.45, 7) is 1.94. The van der Waals surface area contributed by atoms with Crippen molar-refractivity contribution in [1.82, 2.24) is 5.48 Å². The highest BCUT2D eigenvalue weighted by Crippen LogP contribution is 1.92. The van der Waals surface area contributed by atoms with Gasteiger partial charge in [-0.15, -0.1) is 0 Å². The fraction of sp³-hybridized carbons (Fsp3) is 0.667. The maximum atomic E-state index is 10.3. The zero-order valence-corrected chi connectivity index (χ0v) is 6.61. The fourth-order valence-electron chi connectivity index (χ4n) is 0.538. The molecule has 12 heavy (non-hydrogen) atoms. The van der Waals surface area contributed by atoms with Gasteiger partial charge in [0.1, 0.15) is 6.04 Å². The summed E-state index contributed by atoms with van der Waals surface area (Å²) in [4.78, 5) is 25.0. The molecule has 0 saturated carbocycles. The first kappa shape index (κ1) is 10.9. The number of carboxylic acids is 2. The van der Waals surface area contributed by atoms with Gasteiger partial charge in [-0.25, -0.2) is 0 Å². The first-order chi connectivity index (χ1) is 5.57. The van der Waals surface area contributed by atoms with Gasteiger partial charge in [-0.3, -0.25) is 9.59 Å². The molecule has 3 N–H and O–H groups in total. The van der Waals surface area contributed by atoms with Crippen molar-refractivity contribution in [2.75, 3.05) is 6.61 Å². The van der Waals surface area contributed by atoms with E-state index in [0.29, 0.717) is 0 Å². The molecule has 0 aromatic carbocycles. The molecule has 1 atom stereocenters. The average Bonchev–Trinajstić information content (AvgIpc) is 1.96. The smallest absolute Gasteiger partial charge is 0.323 e. The highest BCUT2D eigenvalue weighted by molar-refractivity contribution is 5.80. The Bertz CT molecular complexity index is 169. The topological polar surface area (TPSA) is 95.9 Å². The number of hydrogen-bond acceptors (Lipinski definition) is 4. The van der Waals surface area contributed by atoms with Crippen LogP contribution in [0.15, 0.2) is 0 Å². The summed E-state index contributed by atoms with van der Waals surface area (Å²) < 4.78 is 0. The quantitative estimate of drug-likeness (QED) is 0.471. The van der Waals surface area contributed by atoms with Crippen molar-refractivity contribution >= 4 is 11.9 Å². The first-order valence-corrected chi connectivity index (χ1v) is 3.39. The van der Waals surface area contributed by atoms with Crippen LogP contribution in [0.2, 0.25) is 0 Å². The van der Waals surface area contributed by atoms with Crippen molar-refractivity contribution in [1.29, 1.82) is 0 Å². The van der Waals surface area contributed by atoms with E-state index < -0.39 is 24.4 Å². The van der Waals surface area contributed by atoms with Gasteiger partial charge in [-0.2, -0.15) is 5.48 Å². The third-order valence-corrected chi connectivity index (χ3v) is 1.05. The second-order valence-electron chi connectivity index (χ2n) is 2.04. The second kappa shape index (κ2) is 5.50. The third kappa shape index (κ3) is 4.64. The number of carbonyl (C=O) groups is 2. The number of rotatable bonds is 6. The summed E-state index contributed by atoms with van der Waals surface area (Å²) in [5.41, 5.74) is 2.12. The van der Waals surface area contributed by atoms with Crippen molar-refractivity contribution in [2.24, 2.45) is 0 Å². The summed E-state index contributed by atoms with van der Waals surface area (Å²) in [6, 6.07) is -1.19. The van der Waals surface area contributed by atoms with Gasteiger partial charge in [0.2, 0.25) is 0 Å². The highest BCUT2D eigenvalue weighted by atomic mass is 16.6. The molecule has 0 aromatic rings. The monoisotopic (exact) mass is 177 g/mol. The Labute approximate surface area is 69.1 Å². The lowest BCUT2D eigenvalue weighted by molar-refractivity contribution is -0.150. The summed E-state index contributed by atoms with van der Waals surface area (Å²) in [6.07, 6.45) is -0.505. The number of carboxylic acid groups (broad SMARTS) is 2. The first-order valence-electron chi connectivity index (χ1n) is 3.39. The molecular formula is C6H11NO5. The van der Waals surface area contributed by atoms with Crippen LogP contribution in [0.5, 0.6) is 0 Å². The maximum Gasteiger partial charge on any atom is 0.323 e. The molecular weight excluding hydrogens is 166 g/mol. The minimum Gasteiger partial charge on any atom is -0.481 e. The van der Waals surface area contributed by atoms with Crippen molar-refractivity contribution in [3.63, 3.8) is 0 Å². The minimum absolute atomic E-state index is 0.281. The van der Waals surface area contributed by atoms with Crippen molar-refractivity contribution < 1.29 is 24.6 Å². The van der Waals surface area contributed by atoms with E-state index >= 15 is 0 Å². The molecule has 0 rings (SSSR count). The van der Waals surface area contributed by atoms with Crippen LogP contribution in [-0.4, -0.2) is 34.8 Å². The Balaban J connectivity index is 3.87. The molecule has 0 radical (unpaired) electrons. The Kier molecular flexibility index (Phi) is 4.98. The number of nitrogens with one attached hydrogen (secondary N) is 1. The Morgan fingerprint density at radius 1 is 1.50 bits per heavy atom. The lowest BCUT2D eigenvalue weighted by atomic mass is 10.2. The average molecular weight is 177 g/mol. The van der Waals surface area contributed by atoms with E-state index in [1.807, 2.05) is 0 Å². The standard InChI is InChI=1S/C6H11NO5/c1-2-12-7-4(6(10)11)3-5(8)9/h4,7H,2-3H2,1H3,(H,8,9)(H,10,11)/t4-/m0/s1. The van der Waals surface area contributed by atoms with E-state index in [-0.39, 0.29) is 6.61 Å². The summed E-state index contributed by atoms with van der Waals surface area (Å²) in [5.74, 6) is -2.43. The van der Waals surface area contributed by atoms with Gasteiger partial charge >= 0.3 is 11.9 Å². The second-order valence-corrected chi connectivity index (χ2v) is 2.04. The largest absolute Gasteiger partial charge is 0.481 e. The SMILES string of the molecule is CCON[C@@H](CC(=O)O)C(=O)O. The van der Waals surface area contributed by atoms with Crippen LogP contribution in [0.25, 0.3) is 0 Å². The van der Waals surface area contributed by atoms with E-state index in [1.165, 1.54) is 0 Å². The molecule has 0 aliphatic carbocycles. The van der Waals surface area contributed by atoms with Gasteiger partial charge in [0, 0.05) is 0 Å². The van der Waals surface area contributed by atoms with Crippen LogP contribution >= 0.6 is 0 Å². The Morgan fingerprint density at radius 2 is 2.08 bits per heavy atom. The zero-order valence-electron chi connectivity index (χ0n) is 6.61. The molecule has 0 unspecified atom stereocenters. The van der Waals surface area contributed by atoms with E-state index in [0.717, 1.165) is 0 Å². The Morgan fingerprint density at radius 3 is 2.42 bits per heavy atom. The lowest BCUT2D eigenvalue weighted by Gasteiger charge is -2.10. The molecule has 0 heterocycles. The molecule has 0 fully saturated rings. The fourth-order valence-corrected chi connectivity index (χ4v) is 0.538. The molecule has 0 saturated heterocycles. The molecule has 0 aliphatic rings. The van der Waals surface area contributed by atoms with Gasteiger partial charge in [-0.05, 0) is 6.92 Å². The van der Waals surface area contributed by atoms with Crippen molar-refractivity contribution in [3.05, 3.63) is 0 Å². The van der Waals surface area contributed by atoms with Crippen LogP contribution in [0.1, 0.15) is 13.3 Å². The number of hydrogen-bond donors (Lipinski definition) is 3. The number of aliphatic carboxylic acids is 2. The molecule has 0 aromatic heterocycles. The summed E-state index contributed by atoms with van der Waals surface area (Å²) >= 11 is 0. The van der Waals surface area contributed by atoms with E-state index in [2.05, 4.69) is 10.3 Å². The predicted octanol–water partition coefficient (Wildman–Crippen LogP) is -0.545. The van der Waals surface area contributed by atoms with Crippen LogP contribution in [0.4, 0.5) is 0 Å². The molecule has 0 aliphatic heterocycles. The van der Waals surface area contributed by atoms with E-state index in [1.54, 1.807) is 6.92 Å². The molecule has 6 nitrogen and oxygen atoms in total. The molecule has 0 bridgehead atoms. The van der Waals surface area contributed by atoms with Gasteiger partial charge in [0.25, 0.3) is 0 Å². The van der Waals surface area contributed by atoms with Crippen LogP contribution < -0.4 is 5.48 Å². The van der Waals surface area contributed by atoms with E-state index in [4.69, 9.17) is 10.2 Å². The summed E-state index contributed by atoms with van der Waals surface area (Å²) in [7, 11) is 0. The molecule has 0 amide bonds. The van der Waals surface area contributed by atoms with Gasteiger partial charge in [-0.1, -0.05) is 0 Å². The lowest BCUT2D eigenvalue weighted by Crippen LogP contribution is -2.38. The van der Waals surface area contributed by atoms with Gasteiger partial charge < -0.3 is 15.1 Å². The van der Waals surface area contributed by atoms with Gasteiger partial charge in [0.15, 0.2) is 0 Å². The van der Waals surface area contributed by atoms with Crippen molar-refractivity contribution in [3.8, 4) is 0 Å². The molecule has 6 heteroatoms. The minimum atomic E-state index is -1.24. The maximum absolute atomic E-state index is 10.3. The van der Waals surface area contributed by atoms with E-state index in [9.17, 15) is 9.59 Å². The number of hydroxylamine groups is 1. The van der Waals surface area contributed by atoms with Crippen LogP contribution in [-0.2, 0) is 14.4 Å². The molecule has 0 spiro atoms. The molecule has 70 valence electrons. The zero-order chi connectivity index (χ0) is 9.56. The van der Waals surface area contributed by atoms with Crippen molar-refractivity contribution in [2.45, 2.75) is 19.4 Å². The highest BCUT2D eigenvalue weighted by Gasteiger charge is 2.20. The normalized spacial score (nSPS) is 12.4.